The molecule has 0 bridgehead atoms. The van der Waals surface area contributed by atoms with Crippen molar-refractivity contribution in [3.8, 4) is 28.1 Å². The van der Waals surface area contributed by atoms with Crippen LogP contribution >= 0.6 is 0 Å². The summed E-state index contributed by atoms with van der Waals surface area (Å²) < 4.78 is 2.63. The quantitative estimate of drug-likeness (QED) is 0.179. The third-order valence-electron chi connectivity index (χ3n) is 14.3. The van der Waals surface area contributed by atoms with Crippen molar-refractivity contribution in [1.82, 2.24) is 14.5 Å². The molecule has 5 aliphatic carbocycles. The predicted octanol–water partition coefficient (Wildman–Crippen LogP) is 13.3. The zero-order valence-electron chi connectivity index (χ0n) is 33.2. The van der Waals surface area contributed by atoms with Gasteiger partial charge in [-0.05, 0) is 130 Å². The van der Waals surface area contributed by atoms with E-state index in [4.69, 9.17) is 9.97 Å². The minimum Gasteiger partial charge on any atom is -0.316 e. The van der Waals surface area contributed by atoms with E-state index in [0.29, 0.717) is 0 Å². The molecule has 4 nitrogen and oxygen atoms in total. The van der Waals surface area contributed by atoms with Gasteiger partial charge in [-0.1, -0.05) is 127 Å². The van der Waals surface area contributed by atoms with Crippen molar-refractivity contribution in [2.45, 2.75) is 50.5 Å². The summed E-state index contributed by atoms with van der Waals surface area (Å²) in [6, 6.07) is 47.3. The molecule has 2 aromatic heterocycles. The van der Waals surface area contributed by atoms with Gasteiger partial charge in [0.1, 0.15) is 5.69 Å². The van der Waals surface area contributed by atoms with Gasteiger partial charge in [-0.15, -0.1) is 0 Å². The van der Waals surface area contributed by atoms with Gasteiger partial charge in [-0.25, -0.2) is 9.97 Å². The van der Waals surface area contributed by atoms with Crippen LogP contribution in [0, 0.1) is 0 Å². The largest absolute Gasteiger partial charge is 0.316 e. The number of hydrogen-bond donors (Lipinski definition) is 0. The number of benzene rings is 6. The molecule has 60 heavy (non-hydrogen) atoms. The summed E-state index contributed by atoms with van der Waals surface area (Å²) in [6.45, 7) is 0. The highest BCUT2D eigenvalue weighted by Crippen LogP contribution is 2.60. The average molecular weight is 769 g/mol. The number of aromatic nitrogens is 3. The highest BCUT2D eigenvalue weighted by molar-refractivity contribution is 6.01. The van der Waals surface area contributed by atoms with Crippen molar-refractivity contribution in [2.24, 2.45) is 0 Å². The molecular weight excluding hydrogens is 729 g/mol. The fourth-order valence-electron chi connectivity index (χ4n) is 11.9. The number of nitrogens with zero attached hydrogens (tertiary/aromatic N) is 4. The molecule has 3 heterocycles. The second kappa shape index (κ2) is 12.2. The first kappa shape index (κ1) is 32.9. The van der Waals surface area contributed by atoms with Crippen LogP contribution in [0.4, 0.5) is 11.5 Å². The van der Waals surface area contributed by atoms with Crippen LogP contribution in [0.3, 0.4) is 0 Å². The molecule has 8 aromatic rings. The molecule has 0 saturated carbocycles. The molecule has 0 fully saturated rings. The minimum atomic E-state index is 0.00138. The predicted molar refractivity (Wildman–Crippen MR) is 246 cm³/mol. The van der Waals surface area contributed by atoms with E-state index in [1.165, 1.54) is 95.6 Å². The zero-order valence-corrected chi connectivity index (χ0v) is 33.2. The Morgan fingerprint density at radius 2 is 1.40 bits per heavy atom. The van der Waals surface area contributed by atoms with Gasteiger partial charge in [0, 0.05) is 33.8 Å². The molecule has 0 N–H and O–H groups in total. The van der Waals surface area contributed by atoms with Gasteiger partial charge >= 0.3 is 0 Å². The number of para-hydroxylation sites is 2. The van der Waals surface area contributed by atoms with Gasteiger partial charge in [0.2, 0.25) is 0 Å². The lowest BCUT2D eigenvalue weighted by Crippen LogP contribution is -2.32. The highest BCUT2D eigenvalue weighted by atomic mass is 15.3. The molecule has 284 valence electrons. The van der Waals surface area contributed by atoms with E-state index >= 15 is 0 Å². The van der Waals surface area contributed by atoms with E-state index in [1.807, 2.05) is 0 Å². The highest BCUT2D eigenvalue weighted by Gasteiger charge is 2.49. The number of allylic oxidation sites excluding steroid dienone is 5. The van der Waals surface area contributed by atoms with Gasteiger partial charge in [0.15, 0.2) is 5.82 Å². The van der Waals surface area contributed by atoms with Crippen molar-refractivity contribution < 1.29 is 0 Å². The fourth-order valence-corrected chi connectivity index (χ4v) is 11.9. The molecular formula is C56H40N4. The van der Waals surface area contributed by atoms with Gasteiger partial charge < -0.3 is 9.47 Å². The van der Waals surface area contributed by atoms with Gasteiger partial charge in [0.25, 0.3) is 0 Å². The van der Waals surface area contributed by atoms with Crippen LogP contribution in [-0.2, 0) is 12.8 Å². The third-order valence-corrected chi connectivity index (χ3v) is 14.3. The second-order valence-corrected chi connectivity index (χ2v) is 17.3. The van der Waals surface area contributed by atoms with E-state index in [2.05, 4.69) is 167 Å². The zero-order chi connectivity index (χ0) is 39.1. The number of anilines is 2. The van der Waals surface area contributed by atoms with E-state index in [1.54, 1.807) is 5.57 Å². The normalized spacial score (nSPS) is 18.8. The van der Waals surface area contributed by atoms with Crippen LogP contribution in [0.15, 0.2) is 157 Å². The first-order valence-corrected chi connectivity index (χ1v) is 21.7. The molecule has 2 atom stereocenters. The van der Waals surface area contributed by atoms with Crippen molar-refractivity contribution in [3.63, 3.8) is 0 Å². The van der Waals surface area contributed by atoms with Crippen molar-refractivity contribution in [3.05, 3.63) is 202 Å². The summed E-state index contributed by atoms with van der Waals surface area (Å²) in [5, 5.41) is 2.55. The maximum atomic E-state index is 5.63. The number of rotatable bonds is 3. The van der Waals surface area contributed by atoms with Crippen LogP contribution in [0.1, 0.15) is 76.4 Å². The van der Waals surface area contributed by atoms with E-state index in [0.717, 1.165) is 60.2 Å². The maximum Gasteiger partial charge on any atom is 0.160 e. The third kappa shape index (κ3) is 4.40. The smallest absolute Gasteiger partial charge is 0.160 e. The molecule has 0 radical (unpaired) electrons. The molecule has 0 amide bonds. The van der Waals surface area contributed by atoms with Gasteiger partial charge in [0.05, 0.1) is 28.5 Å². The van der Waals surface area contributed by atoms with E-state index in [-0.39, 0.29) is 12.0 Å². The summed E-state index contributed by atoms with van der Waals surface area (Å²) in [6.07, 6.45) is 18.7. The minimum absolute atomic E-state index is 0.00138. The Labute approximate surface area is 349 Å². The molecule has 6 aliphatic rings. The molecule has 0 saturated heterocycles. The standard InChI is InChI=1S/C56H40N4/c1-3-15-37-34(13-1)26-27-35-32-36(28-29-38(35)37)55-56(58-45-22-8-7-21-44(45)57-55)60-48-25-11-20-43-41-18-6-5-17-40(41)42-19-10-24-47-51(42)53-49(30-31-50(60)54(53)52(43)48)59(47)46-23-9-14-33-12-2-4-16-39(33)46/h2-9,11-12,14-23,25,28-32,50,54H,1,10,13,24,26-27H2. The number of fused-ring (bicyclic) bond motifs is 7. The summed E-state index contributed by atoms with van der Waals surface area (Å²) in [4.78, 5) is 13.7. The lowest BCUT2D eigenvalue weighted by molar-refractivity contribution is 0.716. The van der Waals surface area contributed by atoms with Crippen LogP contribution in [0.5, 0.6) is 0 Å². The molecule has 1 aliphatic heterocycles. The van der Waals surface area contributed by atoms with Crippen LogP contribution < -0.4 is 4.90 Å². The van der Waals surface area contributed by atoms with Crippen LogP contribution in [0.2, 0.25) is 0 Å². The molecule has 6 aromatic carbocycles. The summed E-state index contributed by atoms with van der Waals surface area (Å²) >= 11 is 0. The first-order valence-electron chi connectivity index (χ1n) is 21.7. The van der Waals surface area contributed by atoms with Gasteiger partial charge in [-0.2, -0.15) is 0 Å². The van der Waals surface area contributed by atoms with Gasteiger partial charge in [-0.3, -0.25) is 0 Å². The Balaban J connectivity index is 1.05. The molecule has 2 unspecified atom stereocenters. The Kier molecular flexibility index (Phi) is 6.71. The SMILES string of the molecule is C1=CC2=C(CC1)CCc1cc(-c3nc4ccccc4nc3N3c4cccc5c4C4c6c7c(n(-c8cccc9ccccc89)c6C=CC43)CCC=C7c3ccccc3-5)ccc12. The second-order valence-electron chi connectivity index (χ2n) is 17.3. The monoisotopic (exact) mass is 768 g/mol. The van der Waals surface area contributed by atoms with Crippen molar-refractivity contribution in [1.29, 1.82) is 0 Å². The number of hydrogen-bond acceptors (Lipinski definition) is 3. The Hall–Kier alpha value is -7.04. The van der Waals surface area contributed by atoms with E-state index in [9.17, 15) is 0 Å². The topological polar surface area (TPSA) is 34.0 Å². The van der Waals surface area contributed by atoms with E-state index < -0.39 is 0 Å². The Morgan fingerprint density at radius 3 is 2.35 bits per heavy atom. The summed E-state index contributed by atoms with van der Waals surface area (Å²) in [5.41, 5.74) is 24.5. The summed E-state index contributed by atoms with van der Waals surface area (Å²) in [7, 11) is 0. The molecule has 0 spiro atoms. The molecule has 4 heteroatoms. The lowest BCUT2D eigenvalue weighted by atomic mass is 9.73. The summed E-state index contributed by atoms with van der Waals surface area (Å²) in [5.74, 6) is 1.01. The van der Waals surface area contributed by atoms with Crippen molar-refractivity contribution in [2.75, 3.05) is 4.90 Å². The Bertz CT molecular complexity index is 3350. The fraction of sp³-hybridized carbons (Fsp3) is 0.143. The number of aryl methyl sites for hydroxylation is 1. The van der Waals surface area contributed by atoms with Crippen LogP contribution in [-0.4, -0.2) is 20.6 Å². The van der Waals surface area contributed by atoms with Crippen molar-refractivity contribution >= 4 is 50.5 Å². The first-order chi connectivity index (χ1) is 29.8. The average Bonchev–Trinajstić information content (AvgIpc) is 3.83. The Morgan fingerprint density at radius 1 is 0.600 bits per heavy atom. The maximum absolute atomic E-state index is 5.63. The van der Waals surface area contributed by atoms with Crippen LogP contribution in [0.25, 0.3) is 67.1 Å². The molecule has 14 rings (SSSR count). The lowest BCUT2D eigenvalue weighted by Gasteiger charge is -2.33.